The van der Waals surface area contributed by atoms with Crippen LogP contribution >= 0.6 is 15.9 Å². The third kappa shape index (κ3) is 1.89. The summed E-state index contributed by atoms with van der Waals surface area (Å²) < 4.78 is 6.66. The van der Waals surface area contributed by atoms with Crippen molar-refractivity contribution in [3.8, 4) is 0 Å². The van der Waals surface area contributed by atoms with Gasteiger partial charge >= 0.3 is 0 Å². The maximum Gasteiger partial charge on any atom is 0.122 e. The summed E-state index contributed by atoms with van der Waals surface area (Å²) in [5.41, 5.74) is 0. The van der Waals surface area contributed by atoms with Gasteiger partial charge in [0.2, 0.25) is 0 Å². The van der Waals surface area contributed by atoms with E-state index in [9.17, 15) is 0 Å². The normalized spacial score (nSPS) is 27.0. The molecule has 0 bridgehead atoms. The van der Waals surface area contributed by atoms with Crippen LogP contribution in [0.1, 0.15) is 37.9 Å². The first-order chi connectivity index (χ1) is 6.83. The van der Waals surface area contributed by atoms with Gasteiger partial charge in [-0.05, 0) is 41.4 Å². The van der Waals surface area contributed by atoms with E-state index >= 15 is 0 Å². The monoisotopic (exact) mass is 257 g/mol. The van der Waals surface area contributed by atoms with Gasteiger partial charge in [-0.1, -0.05) is 13.3 Å². The van der Waals surface area contributed by atoms with Crippen molar-refractivity contribution >= 4 is 15.9 Å². The molecule has 1 aliphatic carbocycles. The molecule has 1 aromatic heterocycles. The van der Waals surface area contributed by atoms with Crippen LogP contribution in [-0.2, 0) is 0 Å². The van der Waals surface area contributed by atoms with E-state index in [2.05, 4.69) is 28.2 Å². The molecule has 2 atom stereocenters. The topological polar surface area (TPSA) is 25.2 Å². The molecule has 0 amide bonds. The average molecular weight is 258 g/mol. The number of halogens is 1. The summed E-state index contributed by atoms with van der Waals surface area (Å²) in [7, 11) is 0. The Balaban J connectivity index is 2.13. The van der Waals surface area contributed by atoms with E-state index in [-0.39, 0.29) is 0 Å². The Morgan fingerprint density at radius 2 is 2.43 bits per heavy atom. The molecule has 78 valence electrons. The van der Waals surface area contributed by atoms with E-state index in [1.54, 1.807) is 6.26 Å². The smallest absolute Gasteiger partial charge is 0.122 e. The van der Waals surface area contributed by atoms with Crippen LogP contribution < -0.4 is 5.32 Å². The number of nitrogens with one attached hydrogen (secondary N) is 1. The average Bonchev–Trinajstić information content (AvgIpc) is 2.74. The minimum absolute atomic E-state index is 0.555. The fourth-order valence-corrected chi connectivity index (χ4v) is 2.85. The second-order valence-corrected chi connectivity index (χ2v) is 4.69. The second kappa shape index (κ2) is 4.49. The number of furan rings is 1. The molecule has 2 nitrogen and oxygen atoms in total. The molecule has 0 saturated heterocycles. The van der Waals surface area contributed by atoms with Crippen LogP contribution in [-0.4, -0.2) is 12.6 Å². The Kier molecular flexibility index (Phi) is 3.29. The maximum atomic E-state index is 5.54. The van der Waals surface area contributed by atoms with Gasteiger partial charge in [0.1, 0.15) is 5.76 Å². The molecule has 1 fully saturated rings. The standard InChI is InChI=1S/C11H16BrNO/c1-2-13-10-5-3-4-8(10)11-9(12)6-7-14-11/h6-8,10,13H,2-5H2,1H3. The largest absolute Gasteiger partial charge is 0.468 e. The minimum Gasteiger partial charge on any atom is -0.468 e. The summed E-state index contributed by atoms with van der Waals surface area (Å²) in [4.78, 5) is 0. The summed E-state index contributed by atoms with van der Waals surface area (Å²) in [6.07, 6.45) is 5.58. The highest BCUT2D eigenvalue weighted by Gasteiger charge is 2.31. The molecule has 0 aliphatic heterocycles. The molecule has 1 heterocycles. The van der Waals surface area contributed by atoms with Crippen molar-refractivity contribution in [2.24, 2.45) is 0 Å². The Labute approximate surface area is 93.2 Å². The van der Waals surface area contributed by atoms with Crippen LogP contribution in [0.15, 0.2) is 21.2 Å². The van der Waals surface area contributed by atoms with Crippen molar-refractivity contribution in [3.05, 3.63) is 22.6 Å². The highest BCUT2D eigenvalue weighted by molar-refractivity contribution is 9.10. The minimum atomic E-state index is 0.555. The van der Waals surface area contributed by atoms with Crippen LogP contribution in [0.25, 0.3) is 0 Å². The van der Waals surface area contributed by atoms with Crippen molar-refractivity contribution in [2.75, 3.05) is 6.54 Å². The molecular weight excluding hydrogens is 242 g/mol. The summed E-state index contributed by atoms with van der Waals surface area (Å²) in [5.74, 6) is 1.67. The first kappa shape index (κ1) is 10.2. The number of hydrogen-bond acceptors (Lipinski definition) is 2. The van der Waals surface area contributed by atoms with Gasteiger partial charge in [0.05, 0.1) is 10.7 Å². The Hall–Kier alpha value is -0.280. The second-order valence-electron chi connectivity index (χ2n) is 3.83. The van der Waals surface area contributed by atoms with Gasteiger partial charge in [-0.2, -0.15) is 0 Å². The van der Waals surface area contributed by atoms with Gasteiger partial charge < -0.3 is 9.73 Å². The quantitative estimate of drug-likeness (QED) is 0.899. The lowest BCUT2D eigenvalue weighted by atomic mass is 10.0. The first-order valence-electron chi connectivity index (χ1n) is 5.29. The molecule has 0 radical (unpaired) electrons. The molecule has 3 heteroatoms. The molecular formula is C11H16BrNO. The van der Waals surface area contributed by atoms with Gasteiger partial charge in [0.15, 0.2) is 0 Å². The molecule has 2 rings (SSSR count). The van der Waals surface area contributed by atoms with Gasteiger partial charge in [0.25, 0.3) is 0 Å². The zero-order chi connectivity index (χ0) is 9.97. The zero-order valence-corrected chi connectivity index (χ0v) is 10.0. The van der Waals surface area contributed by atoms with E-state index in [4.69, 9.17) is 4.42 Å². The van der Waals surface area contributed by atoms with Crippen molar-refractivity contribution in [1.29, 1.82) is 0 Å². The Morgan fingerprint density at radius 3 is 3.07 bits per heavy atom. The summed E-state index contributed by atoms with van der Waals surface area (Å²) >= 11 is 3.53. The van der Waals surface area contributed by atoms with Crippen LogP contribution in [0, 0.1) is 0 Å². The Morgan fingerprint density at radius 1 is 1.57 bits per heavy atom. The Bertz CT molecular complexity index is 297. The molecule has 0 spiro atoms. The van der Waals surface area contributed by atoms with Crippen LogP contribution in [0.2, 0.25) is 0 Å². The SMILES string of the molecule is CCNC1CCCC1c1occc1Br. The van der Waals surface area contributed by atoms with E-state index in [0.29, 0.717) is 12.0 Å². The number of likely N-dealkylation sites (N-methyl/N-ethyl adjacent to an activating group) is 1. The number of hydrogen-bond donors (Lipinski definition) is 1. The summed E-state index contributed by atoms with van der Waals surface area (Å²) in [5, 5.41) is 3.53. The van der Waals surface area contributed by atoms with Crippen molar-refractivity contribution in [1.82, 2.24) is 5.32 Å². The predicted octanol–water partition coefficient (Wildman–Crippen LogP) is 3.29. The lowest BCUT2D eigenvalue weighted by molar-refractivity contribution is 0.406. The molecule has 2 unspecified atom stereocenters. The highest BCUT2D eigenvalue weighted by Crippen LogP contribution is 2.38. The van der Waals surface area contributed by atoms with E-state index < -0.39 is 0 Å². The maximum absolute atomic E-state index is 5.54. The molecule has 1 aliphatic rings. The fourth-order valence-electron chi connectivity index (χ4n) is 2.35. The predicted molar refractivity (Wildman–Crippen MR) is 60.5 cm³/mol. The van der Waals surface area contributed by atoms with E-state index in [0.717, 1.165) is 16.8 Å². The third-order valence-electron chi connectivity index (χ3n) is 2.96. The lowest BCUT2D eigenvalue weighted by Crippen LogP contribution is -2.30. The summed E-state index contributed by atoms with van der Waals surface area (Å²) in [6, 6.07) is 2.58. The van der Waals surface area contributed by atoms with Crippen molar-refractivity contribution in [2.45, 2.75) is 38.1 Å². The molecule has 1 aromatic rings. The molecule has 1 N–H and O–H groups in total. The zero-order valence-electron chi connectivity index (χ0n) is 8.42. The fraction of sp³-hybridized carbons (Fsp3) is 0.636. The van der Waals surface area contributed by atoms with Gasteiger partial charge in [-0.25, -0.2) is 0 Å². The molecule has 1 saturated carbocycles. The van der Waals surface area contributed by atoms with Gasteiger partial charge in [0, 0.05) is 12.0 Å². The van der Waals surface area contributed by atoms with Crippen LogP contribution in [0.3, 0.4) is 0 Å². The van der Waals surface area contributed by atoms with E-state index in [1.165, 1.54) is 19.3 Å². The van der Waals surface area contributed by atoms with Gasteiger partial charge in [-0.3, -0.25) is 0 Å². The third-order valence-corrected chi connectivity index (χ3v) is 3.62. The lowest BCUT2D eigenvalue weighted by Gasteiger charge is -2.18. The van der Waals surface area contributed by atoms with Crippen molar-refractivity contribution < 1.29 is 4.42 Å². The molecule has 0 aromatic carbocycles. The first-order valence-corrected chi connectivity index (χ1v) is 6.08. The van der Waals surface area contributed by atoms with Crippen LogP contribution in [0.4, 0.5) is 0 Å². The summed E-state index contributed by atoms with van der Waals surface area (Å²) in [6.45, 7) is 3.20. The van der Waals surface area contributed by atoms with Crippen LogP contribution in [0.5, 0.6) is 0 Å². The van der Waals surface area contributed by atoms with E-state index in [1.807, 2.05) is 6.07 Å². The highest BCUT2D eigenvalue weighted by atomic mass is 79.9. The molecule has 14 heavy (non-hydrogen) atoms. The van der Waals surface area contributed by atoms with Gasteiger partial charge in [-0.15, -0.1) is 0 Å². The number of rotatable bonds is 3. The van der Waals surface area contributed by atoms with Crippen molar-refractivity contribution in [3.63, 3.8) is 0 Å².